The predicted molar refractivity (Wildman–Crippen MR) is 71.9 cm³/mol. The van der Waals surface area contributed by atoms with Crippen molar-refractivity contribution in [3.8, 4) is 0 Å². The van der Waals surface area contributed by atoms with Gasteiger partial charge in [0.1, 0.15) is 6.61 Å². The summed E-state index contributed by atoms with van der Waals surface area (Å²) in [6.07, 6.45) is -4.17. The van der Waals surface area contributed by atoms with Crippen molar-refractivity contribution < 1.29 is 35.8 Å². The highest BCUT2D eigenvalue weighted by Gasteiger charge is 2.26. The summed E-state index contributed by atoms with van der Waals surface area (Å²) >= 11 is 0. The first kappa shape index (κ1) is 51.4. The number of hydrogen-bond donors (Lipinski definition) is 0. The molecule has 0 heterocycles. The van der Waals surface area contributed by atoms with Gasteiger partial charge in [-0.3, -0.25) is 8.78 Å². The van der Waals surface area contributed by atoms with Crippen LogP contribution < -0.4 is 0 Å². The topological polar surface area (TPSA) is 18.5 Å². The molecule has 0 unspecified atom stereocenters. The van der Waals surface area contributed by atoms with Crippen LogP contribution >= 0.6 is 0 Å². The molecule has 0 atom stereocenters. The van der Waals surface area contributed by atoms with Gasteiger partial charge in [-0.1, -0.05) is 29.7 Å². The first-order valence-corrected chi connectivity index (χ1v) is 3.34. The third-order valence-corrected chi connectivity index (χ3v) is 0.417. The van der Waals surface area contributed by atoms with Crippen molar-refractivity contribution >= 4 is 0 Å². The van der Waals surface area contributed by atoms with Gasteiger partial charge in [-0.25, -0.2) is 4.39 Å². The number of methoxy groups -OCH3 is 2. The molecule has 0 bridgehead atoms. The maximum Gasteiger partial charge on any atom is 0.411 e. The lowest BCUT2D eigenvalue weighted by atomic mass is 10.7. The Balaban J connectivity index is -0.0000000150. The van der Waals surface area contributed by atoms with Crippen molar-refractivity contribution in [2.75, 3.05) is 42.0 Å². The lowest BCUT2D eigenvalue weighted by molar-refractivity contribution is -0.167. The molecule has 0 saturated heterocycles. The van der Waals surface area contributed by atoms with Gasteiger partial charge in [-0.05, 0) is 0 Å². The van der Waals surface area contributed by atoms with Gasteiger partial charge in [-0.2, -0.15) is 13.2 Å². The zero-order valence-corrected chi connectivity index (χ0v) is 9.00. The molecule has 0 aromatic heterocycles. The van der Waals surface area contributed by atoms with Crippen LogP contribution in [-0.2, 0) is 9.47 Å². The Labute approximate surface area is 115 Å². The summed E-state index contributed by atoms with van der Waals surface area (Å²) in [5.41, 5.74) is 0. The van der Waals surface area contributed by atoms with Crippen LogP contribution in [0.3, 0.4) is 0 Å². The van der Waals surface area contributed by atoms with Crippen molar-refractivity contribution in [3.05, 3.63) is 0 Å². The number of halogens is 6. The molecule has 8 heteroatoms. The first-order chi connectivity index (χ1) is 6.97. The van der Waals surface area contributed by atoms with E-state index >= 15 is 0 Å². The summed E-state index contributed by atoms with van der Waals surface area (Å²) in [6, 6.07) is 0. The van der Waals surface area contributed by atoms with E-state index in [9.17, 15) is 26.3 Å². The van der Waals surface area contributed by atoms with Crippen molar-refractivity contribution in [3.63, 3.8) is 0 Å². The molecule has 0 saturated carbocycles. The molecule has 0 aliphatic heterocycles. The monoisotopic (exact) mass is 310 g/mol. The van der Waals surface area contributed by atoms with Crippen molar-refractivity contribution in [2.45, 2.75) is 35.9 Å². The van der Waals surface area contributed by atoms with Gasteiger partial charge in [0.25, 0.3) is 0 Å². The molecule has 2 nitrogen and oxygen atoms in total. The van der Waals surface area contributed by atoms with Crippen LogP contribution in [-0.4, -0.2) is 48.2 Å². The van der Waals surface area contributed by atoms with Crippen molar-refractivity contribution in [2.24, 2.45) is 0 Å². The minimum Gasteiger partial charge on any atom is -0.375 e. The molecule has 0 spiro atoms. The third kappa shape index (κ3) is 208. The Hall–Kier alpha value is -0.500. The zero-order chi connectivity index (χ0) is 13.3. The molecule has 0 rings (SSSR count). The summed E-state index contributed by atoms with van der Waals surface area (Å²) in [5.74, 6) is 0. The molecule has 0 aliphatic rings. The molecule has 0 amide bonds. The second-order valence-corrected chi connectivity index (χ2v) is 1.45. The summed E-state index contributed by atoms with van der Waals surface area (Å²) in [5, 5.41) is 0. The average Bonchev–Trinajstić information content (AvgIpc) is 2.22. The van der Waals surface area contributed by atoms with Crippen LogP contribution in [0.25, 0.3) is 0 Å². The molecule has 0 aromatic rings. The predicted octanol–water partition coefficient (Wildman–Crippen LogP) is 5.47. The van der Waals surface area contributed by atoms with E-state index in [1.807, 2.05) is 0 Å². The Morgan fingerprint density at radius 2 is 0.947 bits per heavy atom. The highest BCUT2D eigenvalue weighted by molar-refractivity contribution is 4.41. The normalized spacial score (nSPS) is 6.63. The first-order valence-electron chi connectivity index (χ1n) is 3.34. The summed E-state index contributed by atoms with van der Waals surface area (Å²) in [6.45, 7) is -1.84. The van der Waals surface area contributed by atoms with Crippen LogP contribution in [0.1, 0.15) is 29.7 Å². The van der Waals surface area contributed by atoms with Gasteiger partial charge in [0.15, 0.2) is 6.86 Å². The van der Waals surface area contributed by atoms with Gasteiger partial charge in [-0.15, -0.1) is 0 Å². The molecule has 0 fully saturated rings. The molecule has 0 aliphatic carbocycles. The Morgan fingerprint density at radius 3 is 0.947 bits per heavy atom. The standard InChI is InChI=1S/C3H5F3O.C2H5FO.2CH3F.4CH4/c1-7-2-3(4,5)6;1-4-2-3;2*1-2;;;;/h2H2,1H3;2H2,1H3;2*1H3;4*1H4. The quantitative estimate of drug-likeness (QED) is 0.630. The third-order valence-electron chi connectivity index (χ3n) is 0.417. The average molecular weight is 310 g/mol. The largest absolute Gasteiger partial charge is 0.411 e. The molecule has 0 radical (unpaired) electrons. The van der Waals surface area contributed by atoms with Gasteiger partial charge in [0, 0.05) is 14.2 Å². The molecule has 19 heavy (non-hydrogen) atoms. The zero-order valence-electron chi connectivity index (χ0n) is 9.00. The fourth-order valence-corrected chi connectivity index (χ4v) is 0.164. The summed E-state index contributed by atoms with van der Waals surface area (Å²) in [4.78, 5) is 0. The van der Waals surface area contributed by atoms with Crippen molar-refractivity contribution in [1.29, 1.82) is 0 Å². The maximum atomic E-state index is 10.9. The highest BCUT2D eigenvalue weighted by Crippen LogP contribution is 2.13. The number of ether oxygens (including phenoxy) is 2. The van der Waals surface area contributed by atoms with Gasteiger partial charge in [0.2, 0.25) is 0 Å². The Morgan fingerprint density at radius 1 is 0.737 bits per heavy atom. The molecule has 0 aromatic carbocycles. The van der Waals surface area contributed by atoms with E-state index < -0.39 is 19.6 Å². The van der Waals surface area contributed by atoms with E-state index in [2.05, 4.69) is 9.47 Å². The molecular formula is C11H32F6O2. The number of alkyl halides is 6. The van der Waals surface area contributed by atoms with Crippen molar-refractivity contribution in [1.82, 2.24) is 0 Å². The van der Waals surface area contributed by atoms with E-state index in [0.29, 0.717) is 14.4 Å². The Kier molecular flexibility index (Phi) is 143. The van der Waals surface area contributed by atoms with Crippen LogP contribution in [0.5, 0.6) is 0 Å². The molecule has 0 N–H and O–H groups in total. The fourth-order valence-electron chi connectivity index (χ4n) is 0.164. The second-order valence-electron chi connectivity index (χ2n) is 1.45. The van der Waals surface area contributed by atoms with Gasteiger partial charge >= 0.3 is 6.18 Å². The Bertz CT molecular complexity index is 80.1. The SMILES string of the molecule is C.C.C.C.CF.CF.COCC(F)(F)F.COCF. The lowest BCUT2D eigenvalue weighted by Gasteiger charge is -2.01. The minimum absolute atomic E-state index is 0. The van der Waals surface area contributed by atoms with Gasteiger partial charge in [0.05, 0.1) is 14.4 Å². The van der Waals surface area contributed by atoms with Crippen LogP contribution in [0, 0.1) is 0 Å². The van der Waals surface area contributed by atoms with E-state index in [4.69, 9.17) is 0 Å². The summed E-state index contributed by atoms with van der Waals surface area (Å²) in [7, 11) is 3.31. The van der Waals surface area contributed by atoms with Gasteiger partial charge < -0.3 is 9.47 Å². The minimum atomic E-state index is -4.17. The van der Waals surface area contributed by atoms with Crippen LogP contribution in [0.15, 0.2) is 0 Å². The van der Waals surface area contributed by atoms with E-state index in [0.717, 1.165) is 7.11 Å². The number of rotatable bonds is 2. The number of hydrogen-bond acceptors (Lipinski definition) is 2. The maximum absolute atomic E-state index is 10.9. The second kappa shape index (κ2) is 52.8. The van der Waals surface area contributed by atoms with E-state index in [-0.39, 0.29) is 29.7 Å². The lowest BCUT2D eigenvalue weighted by Crippen LogP contribution is -2.14. The molecule has 130 valence electrons. The summed E-state index contributed by atoms with van der Waals surface area (Å²) < 4.78 is 69.9. The molecular weight excluding hydrogens is 278 g/mol. The van der Waals surface area contributed by atoms with E-state index in [1.165, 1.54) is 7.11 Å². The fraction of sp³-hybridized carbons (Fsp3) is 1.00. The van der Waals surface area contributed by atoms with Crippen LogP contribution in [0.4, 0.5) is 26.3 Å². The van der Waals surface area contributed by atoms with Crippen LogP contribution in [0.2, 0.25) is 0 Å². The van der Waals surface area contributed by atoms with E-state index in [1.54, 1.807) is 0 Å². The highest BCUT2D eigenvalue weighted by atomic mass is 19.4. The smallest absolute Gasteiger partial charge is 0.375 e.